The van der Waals surface area contributed by atoms with Crippen LogP contribution in [0.5, 0.6) is 0 Å². The van der Waals surface area contributed by atoms with Crippen LogP contribution in [0.25, 0.3) is 5.57 Å². The van der Waals surface area contributed by atoms with Crippen LogP contribution in [0.4, 0.5) is 23.2 Å². The number of allylic oxidation sites excluding steroid dienone is 2. The summed E-state index contributed by atoms with van der Waals surface area (Å²) in [5, 5.41) is 3.39. The van der Waals surface area contributed by atoms with Crippen molar-refractivity contribution in [3.63, 3.8) is 0 Å². The molecule has 2 aliphatic rings. The minimum atomic E-state index is -4.81. The van der Waals surface area contributed by atoms with Gasteiger partial charge in [0, 0.05) is 69.1 Å². The van der Waals surface area contributed by atoms with Gasteiger partial charge in [0.15, 0.2) is 0 Å². The Kier molecular flexibility index (Phi) is 8.72. The van der Waals surface area contributed by atoms with Crippen molar-refractivity contribution in [2.24, 2.45) is 27.4 Å². The Labute approximate surface area is 206 Å². The fourth-order valence-electron chi connectivity index (χ4n) is 4.02. The van der Waals surface area contributed by atoms with Gasteiger partial charge in [0.25, 0.3) is 0 Å². The molecule has 1 atom stereocenters. The van der Waals surface area contributed by atoms with E-state index in [1.807, 2.05) is 0 Å². The lowest BCUT2D eigenvalue weighted by molar-refractivity contribution is -0.128. The zero-order valence-corrected chi connectivity index (χ0v) is 20.2. The number of amidine groups is 1. The minimum Gasteiger partial charge on any atom is -0.394 e. The number of nitrogens with two attached hydrogens (primary N) is 2. The Morgan fingerprint density at radius 1 is 1.33 bits per heavy atom. The number of carbonyl (C=O) groups is 1. The van der Waals surface area contributed by atoms with E-state index >= 15 is 0 Å². The average Bonchev–Trinajstić information content (AvgIpc) is 3.35. The molecule has 0 aliphatic carbocycles. The van der Waals surface area contributed by atoms with E-state index in [-0.39, 0.29) is 29.5 Å². The van der Waals surface area contributed by atoms with Gasteiger partial charge in [-0.1, -0.05) is 6.07 Å². The lowest BCUT2D eigenvalue weighted by atomic mass is 10.0. The van der Waals surface area contributed by atoms with E-state index in [4.69, 9.17) is 16.2 Å². The summed E-state index contributed by atoms with van der Waals surface area (Å²) in [4.78, 5) is 21.4. The maximum Gasteiger partial charge on any atom is 0.431 e. The topological polar surface area (TPSA) is 118 Å². The molecule has 36 heavy (non-hydrogen) atoms. The summed E-state index contributed by atoms with van der Waals surface area (Å²) in [5.41, 5.74) is 10.8. The summed E-state index contributed by atoms with van der Waals surface area (Å²) in [6.45, 7) is 4.21. The second-order valence-corrected chi connectivity index (χ2v) is 8.63. The highest BCUT2D eigenvalue weighted by molar-refractivity contribution is 6.11. The molecule has 12 heteroatoms. The highest BCUT2D eigenvalue weighted by Crippen LogP contribution is 2.30. The third kappa shape index (κ3) is 6.62. The van der Waals surface area contributed by atoms with E-state index in [1.165, 1.54) is 26.1 Å². The van der Waals surface area contributed by atoms with Crippen molar-refractivity contribution in [1.82, 2.24) is 10.2 Å². The van der Waals surface area contributed by atoms with Gasteiger partial charge in [-0.2, -0.15) is 13.2 Å². The number of benzene rings is 1. The molecule has 2 heterocycles. The third-order valence-electron chi connectivity index (χ3n) is 6.08. The summed E-state index contributed by atoms with van der Waals surface area (Å²) < 4.78 is 59.7. The van der Waals surface area contributed by atoms with Crippen LogP contribution in [0.15, 0.2) is 45.2 Å². The van der Waals surface area contributed by atoms with Gasteiger partial charge in [-0.25, -0.2) is 9.38 Å². The second kappa shape index (κ2) is 11.5. The summed E-state index contributed by atoms with van der Waals surface area (Å²) in [6.07, 6.45) is -2.42. The molecule has 0 aromatic heterocycles. The zero-order chi connectivity index (χ0) is 26.5. The molecule has 3 rings (SSSR count). The first-order chi connectivity index (χ1) is 17.0. The SMILES string of the molecule is CN=CC(=C(N)C(F)(F)F)c1ccc(N=C(N)C2=C(NC[C@H]3CCOC3)CCN(C(C)=O)C2)c(F)c1. The number of alkyl halides is 3. The normalized spacial score (nSPS) is 20.2. The van der Waals surface area contributed by atoms with Crippen molar-refractivity contribution in [3.05, 3.63) is 46.5 Å². The number of rotatable bonds is 7. The van der Waals surface area contributed by atoms with E-state index in [2.05, 4.69) is 15.3 Å². The van der Waals surface area contributed by atoms with Gasteiger partial charge in [-0.15, -0.1) is 0 Å². The van der Waals surface area contributed by atoms with Crippen molar-refractivity contribution >= 4 is 29.2 Å². The number of hydrogen-bond acceptors (Lipinski definition) is 6. The number of carbonyl (C=O) groups excluding carboxylic acids is 1. The Bertz CT molecular complexity index is 1100. The highest BCUT2D eigenvalue weighted by Gasteiger charge is 2.34. The van der Waals surface area contributed by atoms with Gasteiger partial charge in [0.1, 0.15) is 23.0 Å². The standard InChI is InChI=1S/C24H30F4N6O2/c1-14(35)34-7-5-20(32-10-15-6-8-36-13-15)18(12-34)23(30)33-21-4-3-16(9-19(21)25)17(11-31-2)22(29)24(26,27)28/h3-4,9,11,15,32H,5-8,10,12-13,29H2,1-2H3,(H2,30,33)/t15-/m1/s1. The maximum absolute atomic E-state index is 14.9. The second-order valence-electron chi connectivity index (χ2n) is 8.63. The summed E-state index contributed by atoms with van der Waals surface area (Å²) >= 11 is 0. The number of aliphatic imine (C=N–C) groups is 2. The van der Waals surface area contributed by atoms with Crippen LogP contribution in [0, 0.1) is 11.7 Å². The molecule has 0 radical (unpaired) electrons. The van der Waals surface area contributed by atoms with Crippen molar-refractivity contribution in [2.75, 3.05) is 39.9 Å². The van der Waals surface area contributed by atoms with E-state index in [0.717, 1.165) is 24.4 Å². The molecule has 1 amide bonds. The number of nitrogens with zero attached hydrogens (tertiary/aromatic N) is 3. The van der Waals surface area contributed by atoms with Crippen LogP contribution in [-0.2, 0) is 9.53 Å². The monoisotopic (exact) mass is 510 g/mol. The van der Waals surface area contributed by atoms with Gasteiger partial charge >= 0.3 is 6.18 Å². The van der Waals surface area contributed by atoms with Crippen LogP contribution in [0.3, 0.4) is 0 Å². The molecule has 5 N–H and O–H groups in total. The first kappa shape index (κ1) is 27.2. The zero-order valence-electron chi connectivity index (χ0n) is 20.2. The van der Waals surface area contributed by atoms with Crippen molar-refractivity contribution in [3.8, 4) is 0 Å². The van der Waals surface area contributed by atoms with Crippen LogP contribution in [0.1, 0.15) is 25.3 Å². The number of nitrogens with one attached hydrogen (secondary N) is 1. The summed E-state index contributed by atoms with van der Waals surface area (Å²) in [7, 11) is 1.28. The van der Waals surface area contributed by atoms with Crippen molar-refractivity contribution < 1.29 is 27.1 Å². The molecule has 2 aliphatic heterocycles. The van der Waals surface area contributed by atoms with E-state index in [1.54, 1.807) is 4.90 Å². The Balaban J connectivity index is 1.93. The van der Waals surface area contributed by atoms with Crippen molar-refractivity contribution in [1.29, 1.82) is 0 Å². The predicted octanol–water partition coefficient (Wildman–Crippen LogP) is 2.88. The fraction of sp³-hybridized carbons (Fsp3) is 0.458. The Hall–Kier alpha value is -3.41. The summed E-state index contributed by atoms with van der Waals surface area (Å²) in [5.74, 6) is -0.646. The molecule has 0 spiro atoms. The van der Waals surface area contributed by atoms with Gasteiger partial charge in [-0.3, -0.25) is 9.79 Å². The molecular weight excluding hydrogens is 480 g/mol. The first-order valence-corrected chi connectivity index (χ1v) is 11.4. The molecule has 196 valence electrons. The van der Waals surface area contributed by atoms with Crippen LogP contribution < -0.4 is 16.8 Å². The Morgan fingerprint density at radius 3 is 2.67 bits per heavy atom. The van der Waals surface area contributed by atoms with Gasteiger partial charge < -0.3 is 26.4 Å². The third-order valence-corrected chi connectivity index (χ3v) is 6.08. The molecule has 0 unspecified atom stereocenters. The molecule has 0 saturated carbocycles. The van der Waals surface area contributed by atoms with Crippen LogP contribution in [-0.4, -0.2) is 68.9 Å². The van der Waals surface area contributed by atoms with Gasteiger partial charge in [-0.05, 0) is 24.1 Å². The average molecular weight is 511 g/mol. The van der Waals surface area contributed by atoms with Crippen LogP contribution >= 0.6 is 0 Å². The van der Waals surface area contributed by atoms with Crippen LogP contribution in [0.2, 0.25) is 0 Å². The lowest BCUT2D eigenvalue weighted by Crippen LogP contribution is -2.42. The molecule has 8 nitrogen and oxygen atoms in total. The molecule has 1 aromatic carbocycles. The number of ether oxygens (including phenoxy) is 1. The number of amides is 1. The minimum absolute atomic E-state index is 0.0125. The van der Waals surface area contributed by atoms with Gasteiger partial charge in [0.05, 0.1) is 13.2 Å². The maximum atomic E-state index is 14.9. The number of hydrogen-bond donors (Lipinski definition) is 3. The van der Waals surface area contributed by atoms with E-state index < -0.39 is 23.3 Å². The highest BCUT2D eigenvalue weighted by atomic mass is 19.4. The lowest BCUT2D eigenvalue weighted by Gasteiger charge is -2.31. The molecular formula is C24H30F4N6O2. The van der Waals surface area contributed by atoms with Gasteiger partial charge in [0.2, 0.25) is 5.91 Å². The summed E-state index contributed by atoms with van der Waals surface area (Å²) in [6, 6.07) is 3.39. The first-order valence-electron chi connectivity index (χ1n) is 11.4. The number of halogens is 4. The van der Waals surface area contributed by atoms with E-state index in [9.17, 15) is 22.4 Å². The smallest absolute Gasteiger partial charge is 0.394 e. The largest absolute Gasteiger partial charge is 0.431 e. The molecule has 1 aromatic rings. The predicted molar refractivity (Wildman–Crippen MR) is 130 cm³/mol. The molecule has 1 fully saturated rings. The molecule has 0 bridgehead atoms. The fourth-order valence-corrected chi connectivity index (χ4v) is 4.02. The Morgan fingerprint density at radius 2 is 2.08 bits per heavy atom. The molecule has 1 saturated heterocycles. The quantitative estimate of drug-likeness (QED) is 0.296. The van der Waals surface area contributed by atoms with E-state index in [0.29, 0.717) is 44.2 Å². The van der Waals surface area contributed by atoms with Crippen molar-refractivity contribution in [2.45, 2.75) is 25.9 Å².